The Morgan fingerprint density at radius 2 is 1.87 bits per heavy atom. The van der Waals surface area contributed by atoms with Crippen LogP contribution < -0.4 is 11.1 Å². The lowest BCUT2D eigenvalue weighted by Crippen LogP contribution is -2.32. The Morgan fingerprint density at radius 1 is 1.17 bits per heavy atom. The van der Waals surface area contributed by atoms with Crippen molar-refractivity contribution in [3.05, 3.63) is 29.8 Å². The van der Waals surface area contributed by atoms with Crippen molar-refractivity contribution in [3.8, 4) is 0 Å². The fourth-order valence-corrected chi connectivity index (χ4v) is 2.65. The zero-order valence-electron chi connectivity index (χ0n) is 13.3. The molecule has 1 rings (SSSR count). The zero-order chi connectivity index (χ0) is 17.1. The molecular weight excluding hydrogens is 360 g/mol. The van der Waals surface area contributed by atoms with Crippen molar-refractivity contribution in [3.63, 3.8) is 0 Å². The van der Waals surface area contributed by atoms with Crippen LogP contribution in [0.5, 0.6) is 0 Å². The van der Waals surface area contributed by atoms with Crippen LogP contribution in [0.4, 0.5) is 5.69 Å². The number of hydrogen-bond acceptors (Lipinski definition) is 3. The molecule has 0 aliphatic heterocycles. The third-order valence-corrected chi connectivity index (χ3v) is 4.08. The van der Waals surface area contributed by atoms with E-state index in [9.17, 15) is 9.59 Å². The maximum absolute atomic E-state index is 11.9. The molecule has 1 amide bonds. The van der Waals surface area contributed by atoms with Gasteiger partial charge in [-0.3, -0.25) is 9.59 Å². The van der Waals surface area contributed by atoms with Crippen LogP contribution in [0, 0.1) is 0 Å². The van der Waals surface area contributed by atoms with Crippen LogP contribution in [0.15, 0.2) is 24.3 Å². The summed E-state index contributed by atoms with van der Waals surface area (Å²) in [6.07, 6.45) is 6.23. The maximum atomic E-state index is 11.9. The van der Waals surface area contributed by atoms with Crippen LogP contribution in [-0.4, -0.2) is 28.4 Å². The second-order valence-electron chi connectivity index (χ2n) is 5.60. The lowest BCUT2D eigenvalue weighted by atomic mass is 10.1. The fourth-order valence-electron chi connectivity index (χ4n) is 2.25. The molecule has 0 spiro atoms. The number of hydrogen-bond donors (Lipinski definition) is 3. The minimum Gasteiger partial charge on any atom is -0.480 e. The molecule has 128 valence electrons. The number of benzene rings is 1. The van der Waals surface area contributed by atoms with Crippen LogP contribution in [0.3, 0.4) is 0 Å². The Hall–Kier alpha value is -1.40. The highest BCUT2D eigenvalue weighted by Crippen LogP contribution is 2.13. The van der Waals surface area contributed by atoms with Crippen molar-refractivity contribution >= 4 is 33.5 Å². The molecular formula is C17H25BrN2O3. The van der Waals surface area contributed by atoms with Crippen molar-refractivity contribution in [2.24, 2.45) is 5.73 Å². The lowest BCUT2D eigenvalue weighted by molar-refractivity contribution is -0.138. The summed E-state index contributed by atoms with van der Waals surface area (Å²) >= 11 is 3.40. The predicted molar refractivity (Wildman–Crippen MR) is 95.9 cm³/mol. The van der Waals surface area contributed by atoms with Crippen LogP contribution >= 0.6 is 15.9 Å². The van der Waals surface area contributed by atoms with Crippen molar-refractivity contribution < 1.29 is 14.7 Å². The highest BCUT2D eigenvalue weighted by molar-refractivity contribution is 9.09. The Balaban J connectivity index is 2.35. The Morgan fingerprint density at radius 3 is 2.57 bits per heavy atom. The summed E-state index contributed by atoms with van der Waals surface area (Å²) in [5.41, 5.74) is 7.01. The van der Waals surface area contributed by atoms with E-state index >= 15 is 0 Å². The number of nitrogens with two attached hydrogens (primary N) is 1. The first-order valence-electron chi connectivity index (χ1n) is 7.96. The number of unbranched alkanes of at least 4 members (excludes halogenated alkanes) is 4. The van der Waals surface area contributed by atoms with E-state index in [2.05, 4.69) is 21.2 Å². The van der Waals surface area contributed by atoms with E-state index in [-0.39, 0.29) is 12.3 Å². The molecule has 0 saturated heterocycles. The molecule has 0 aliphatic rings. The van der Waals surface area contributed by atoms with Crippen molar-refractivity contribution in [1.82, 2.24) is 0 Å². The van der Waals surface area contributed by atoms with Crippen LogP contribution in [0.25, 0.3) is 0 Å². The number of alkyl halides is 1. The minimum absolute atomic E-state index is 0.00910. The van der Waals surface area contributed by atoms with E-state index in [1.54, 1.807) is 18.2 Å². The van der Waals surface area contributed by atoms with Gasteiger partial charge in [0.25, 0.3) is 0 Å². The quantitative estimate of drug-likeness (QED) is 0.403. The molecule has 1 aromatic rings. The van der Waals surface area contributed by atoms with Crippen LogP contribution in [-0.2, 0) is 16.0 Å². The van der Waals surface area contributed by atoms with Crippen molar-refractivity contribution in [2.45, 2.75) is 51.0 Å². The number of carboxylic acids is 1. The average molecular weight is 385 g/mol. The third-order valence-electron chi connectivity index (χ3n) is 3.52. The van der Waals surface area contributed by atoms with E-state index < -0.39 is 12.0 Å². The molecule has 1 atom stereocenters. The number of carbonyl (C=O) groups excluding carboxylic acids is 1. The molecule has 23 heavy (non-hydrogen) atoms. The monoisotopic (exact) mass is 384 g/mol. The topological polar surface area (TPSA) is 92.4 Å². The molecule has 0 radical (unpaired) electrons. The molecule has 1 unspecified atom stereocenters. The molecule has 0 aromatic heterocycles. The largest absolute Gasteiger partial charge is 0.480 e. The van der Waals surface area contributed by atoms with Gasteiger partial charge in [-0.1, -0.05) is 47.3 Å². The van der Waals surface area contributed by atoms with E-state index in [0.29, 0.717) is 12.1 Å². The number of carbonyl (C=O) groups is 2. The lowest BCUT2D eigenvalue weighted by Gasteiger charge is -2.09. The van der Waals surface area contributed by atoms with E-state index in [1.165, 1.54) is 12.8 Å². The molecule has 0 heterocycles. The highest BCUT2D eigenvalue weighted by Gasteiger charge is 2.12. The van der Waals surface area contributed by atoms with Crippen molar-refractivity contribution in [1.29, 1.82) is 0 Å². The number of nitrogens with one attached hydrogen (secondary N) is 1. The summed E-state index contributed by atoms with van der Waals surface area (Å²) < 4.78 is 0. The van der Waals surface area contributed by atoms with Crippen molar-refractivity contribution in [2.75, 3.05) is 10.6 Å². The van der Waals surface area contributed by atoms with Gasteiger partial charge in [0, 0.05) is 17.4 Å². The first kappa shape index (κ1) is 19.6. The summed E-state index contributed by atoms with van der Waals surface area (Å²) in [7, 11) is 0. The van der Waals surface area contributed by atoms with Gasteiger partial charge in [-0.15, -0.1) is 0 Å². The molecule has 0 fully saturated rings. The zero-order valence-corrected chi connectivity index (χ0v) is 14.8. The normalized spacial score (nSPS) is 11.9. The summed E-state index contributed by atoms with van der Waals surface area (Å²) in [6.45, 7) is 0. The molecule has 1 aromatic carbocycles. The summed E-state index contributed by atoms with van der Waals surface area (Å²) in [5, 5.41) is 12.7. The average Bonchev–Trinajstić information content (AvgIpc) is 2.51. The first-order chi connectivity index (χ1) is 11.0. The Kier molecular flexibility index (Phi) is 9.55. The van der Waals surface area contributed by atoms with Gasteiger partial charge in [-0.2, -0.15) is 0 Å². The van der Waals surface area contributed by atoms with E-state index in [4.69, 9.17) is 10.8 Å². The minimum atomic E-state index is -1.03. The van der Waals surface area contributed by atoms with E-state index in [1.807, 2.05) is 6.07 Å². The van der Waals surface area contributed by atoms with Gasteiger partial charge < -0.3 is 16.2 Å². The van der Waals surface area contributed by atoms with Gasteiger partial charge in [0.15, 0.2) is 0 Å². The Bertz CT molecular complexity index is 508. The van der Waals surface area contributed by atoms with E-state index in [0.717, 1.165) is 30.2 Å². The number of anilines is 1. The van der Waals surface area contributed by atoms with Crippen LogP contribution in [0.1, 0.15) is 44.1 Å². The van der Waals surface area contributed by atoms with Crippen LogP contribution in [0.2, 0.25) is 0 Å². The summed E-state index contributed by atoms with van der Waals surface area (Å²) in [5.74, 6) is -1.04. The molecule has 0 bridgehead atoms. The summed E-state index contributed by atoms with van der Waals surface area (Å²) in [6, 6.07) is 6.24. The maximum Gasteiger partial charge on any atom is 0.320 e. The standard InChI is InChI=1S/C17H25BrN2O3/c18-10-5-3-1-2-4-9-16(21)20-14-8-6-7-13(11-14)12-15(19)17(22)23/h6-8,11,15H,1-5,9-10,12,19H2,(H,20,21)(H,22,23). The van der Waals surface area contributed by atoms with Gasteiger partial charge in [0.05, 0.1) is 0 Å². The molecule has 0 saturated carbocycles. The van der Waals surface area contributed by atoms with Gasteiger partial charge in [-0.05, 0) is 37.0 Å². The fraction of sp³-hybridized carbons (Fsp3) is 0.529. The molecule has 4 N–H and O–H groups in total. The number of aliphatic carboxylic acids is 1. The first-order valence-corrected chi connectivity index (χ1v) is 9.08. The second-order valence-corrected chi connectivity index (χ2v) is 6.40. The number of halogens is 1. The molecule has 6 heteroatoms. The summed E-state index contributed by atoms with van der Waals surface area (Å²) in [4.78, 5) is 22.7. The van der Waals surface area contributed by atoms with Gasteiger partial charge >= 0.3 is 5.97 Å². The second kappa shape index (κ2) is 11.2. The number of amides is 1. The number of carboxylic acid groups (broad SMARTS) is 1. The van der Waals surface area contributed by atoms with Gasteiger partial charge in [0.2, 0.25) is 5.91 Å². The SMILES string of the molecule is NC(Cc1cccc(NC(=O)CCCCCCCBr)c1)C(=O)O. The van der Waals surface area contributed by atoms with Gasteiger partial charge in [-0.25, -0.2) is 0 Å². The predicted octanol–water partition coefficient (Wildman–Crippen LogP) is 3.32. The number of rotatable bonds is 11. The highest BCUT2D eigenvalue weighted by atomic mass is 79.9. The molecule has 0 aliphatic carbocycles. The smallest absolute Gasteiger partial charge is 0.320 e. The third kappa shape index (κ3) is 8.71. The molecule has 5 nitrogen and oxygen atoms in total. The van der Waals surface area contributed by atoms with Gasteiger partial charge in [0.1, 0.15) is 6.04 Å². The Labute approximate surface area is 145 Å².